The van der Waals surface area contributed by atoms with Crippen molar-refractivity contribution in [1.82, 2.24) is 4.90 Å². The molecular weight excluding hydrogens is 448 g/mol. The number of hydrogen-bond donors (Lipinski definition) is 3. The highest BCUT2D eigenvalue weighted by Gasteiger charge is 2.25. The van der Waals surface area contributed by atoms with E-state index in [-0.39, 0.29) is 6.61 Å². The van der Waals surface area contributed by atoms with Crippen molar-refractivity contribution in [1.29, 1.82) is 0 Å². The van der Waals surface area contributed by atoms with Crippen LogP contribution in [0.4, 0.5) is 0 Å². The van der Waals surface area contributed by atoms with Crippen LogP contribution in [0.1, 0.15) is 81.1 Å². The maximum atomic E-state index is 10.6. The first-order valence-corrected chi connectivity index (χ1v) is 14.0. The van der Waals surface area contributed by atoms with E-state index < -0.39 is 12.2 Å². The fourth-order valence-corrected chi connectivity index (χ4v) is 5.01. The number of nitrogens with zero attached hydrogens (tertiary/aromatic N) is 2. The molecule has 3 unspecified atom stereocenters. The Bertz CT molecular complexity index is 789. The highest BCUT2D eigenvalue weighted by molar-refractivity contribution is 5.18. The van der Waals surface area contributed by atoms with Gasteiger partial charge in [0.2, 0.25) is 0 Å². The molecule has 0 heterocycles. The predicted molar refractivity (Wildman–Crippen MR) is 150 cm³/mol. The lowest BCUT2D eigenvalue weighted by molar-refractivity contribution is -0.913. The van der Waals surface area contributed by atoms with Gasteiger partial charge in [0, 0.05) is 6.54 Å². The second kappa shape index (κ2) is 17.7. The largest absolute Gasteiger partial charge is 0.391 e. The summed E-state index contributed by atoms with van der Waals surface area (Å²) in [5.41, 5.74) is 1.95. The fourth-order valence-electron chi connectivity index (χ4n) is 5.01. The van der Waals surface area contributed by atoms with Crippen LogP contribution < -0.4 is 0 Å². The summed E-state index contributed by atoms with van der Waals surface area (Å²) in [5, 5.41) is 30.5. The zero-order valence-corrected chi connectivity index (χ0v) is 22.8. The van der Waals surface area contributed by atoms with Gasteiger partial charge in [0.15, 0.2) is 0 Å². The van der Waals surface area contributed by atoms with E-state index in [4.69, 9.17) is 0 Å². The summed E-state index contributed by atoms with van der Waals surface area (Å²) >= 11 is 0. The van der Waals surface area contributed by atoms with Crippen molar-refractivity contribution in [2.45, 2.75) is 70.0 Å². The van der Waals surface area contributed by atoms with Gasteiger partial charge >= 0.3 is 0 Å². The summed E-state index contributed by atoms with van der Waals surface area (Å²) in [4.78, 5) is 2.24. The van der Waals surface area contributed by atoms with E-state index in [0.29, 0.717) is 24.1 Å². The lowest BCUT2D eigenvalue weighted by atomic mass is 10.1. The molecule has 3 N–H and O–H groups in total. The number of quaternary nitrogens is 1. The van der Waals surface area contributed by atoms with E-state index >= 15 is 0 Å². The Hall–Kier alpha value is -1.76. The minimum absolute atomic E-state index is 0.154. The average Bonchev–Trinajstić information content (AvgIpc) is 2.88. The summed E-state index contributed by atoms with van der Waals surface area (Å²) in [7, 11) is 4.25. The molecule has 5 nitrogen and oxygen atoms in total. The molecule has 0 saturated heterocycles. The number of unbranched alkanes of at least 4 members (excludes halogenated alkanes) is 8. The van der Waals surface area contributed by atoms with Crippen molar-refractivity contribution in [2.75, 3.05) is 53.4 Å². The molecule has 0 fully saturated rings. The summed E-state index contributed by atoms with van der Waals surface area (Å²) < 4.78 is 0.712. The number of rotatable bonds is 20. The summed E-state index contributed by atoms with van der Waals surface area (Å²) in [6.45, 7) is 4.20. The molecule has 0 aliphatic rings. The fraction of sp³-hybridized carbons (Fsp3) is 0.613. The SMILES string of the molecule is CN(CCCCCCCCCCC[N+](C)(CCO)CC(O)c1ccccc1)CC(O)c1ccccc1. The molecule has 0 radical (unpaired) electrons. The van der Waals surface area contributed by atoms with E-state index in [1.54, 1.807) is 0 Å². The second-order valence-electron chi connectivity index (χ2n) is 10.8. The molecule has 2 aromatic rings. The van der Waals surface area contributed by atoms with Crippen LogP contribution in [0.25, 0.3) is 0 Å². The number of aliphatic hydroxyl groups excluding tert-OH is 3. The van der Waals surface area contributed by atoms with Gasteiger partial charge in [-0.3, -0.25) is 0 Å². The van der Waals surface area contributed by atoms with Gasteiger partial charge in [-0.25, -0.2) is 0 Å². The topological polar surface area (TPSA) is 63.9 Å². The van der Waals surface area contributed by atoms with Crippen LogP contribution in [0.2, 0.25) is 0 Å². The third kappa shape index (κ3) is 12.5. The van der Waals surface area contributed by atoms with Crippen molar-refractivity contribution >= 4 is 0 Å². The van der Waals surface area contributed by atoms with Crippen LogP contribution >= 0.6 is 0 Å². The first-order chi connectivity index (χ1) is 17.4. The first-order valence-electron chi connectivity index (χ1n) is 14.0. The van der Waals surface area contributed by atoms with Crippen molar-refractivity contribution in [3.8, 4) is 0 Å². The van der Waals surface area contributed by atoms with Gasteiger partial charge in [-0.1, -0.05) is 99.2 Å². The number of likely N-dealkylation sites (N-methyl/N-ethyl adjacent to an activating group) is 2. The van der Waals surface area contributed by atoms with Gasteiger partial charge in [-0.2, -0.15) is 0 Å². The highest BCUT2D eigenvalue weighted by atomic mass is 16.3. The average molecular weight is 500 g/mol. The van der Waals surface area contributed by atoms with Crippen molar-refractivity contribution < 1.29 is 19.8 Å². The van der Waals surface area contributed by atoms with Crippen molar-refractivity contribution in [3.63, 3.8) is 0 Å². The van der Waals surface area contributed by atoms with Gasteiger partial charge in [0.05, 0.1) is 26.3 Å². The maximum Gasteiger partial charge on any atom is 0.128 e. The molecule has 0 spiro atoms. The number of hydrogen-bond acceptors (Lipinski definition) is 4. The zero-order chi connectivity index (χ0) is 26.1. The molecule has 0 saturated carbocycles. The van der Waals surface area contributed by atoms with Crippen LogP contribution in [0.15, 0.2) is 60.7 Å². The van der Waals surface area contributed by atoms with Gasteiger partial charge < -0.3 is 24.7 Å². The molecule has 5 heteroatoms. The van der Waals surface area contributed by atoms with Gasteiger partial charge in [0.25, 0.3) is 0 Å². The molecule has 3 atom stereocenters. The molecule has 0 aromatic heterocycles. The Kier molecular flexibility index (Phi) is 14.9. The van der Waals surface area contributed by atoms with E-state index in [1.807, 2.05) is 60.7 Å². The summed E-state index contributed by atoms with van der Waals surface area (Å²) in [6, 6.07) is 19.8. The van der Waals surface area contributed by atoms with E-state index in [9.17, 15) is 15.3 Å². The molecule has 202 valence electrons. The Morgan fingerprint density at radius 3 is 1.67 bits per heavy atom. The Morgan fingerprint density at radius 1 is 0.667 bits per heavy atom. The predicted octanol–water partition coefficient (Wildman–Crippen LogP) is 5.34. The van der Waals surface area contributed by atoms with Gasteiger partial charge in [-0.15, -0.1) is 0 Å². The standard InChI is InChI=1S/C31H51N2O3/c1-32(26-30(35)28-18-12-10-13-19-28)22-16-8-6-4-3-5-7-9-17-23-33(2,24-25-34)27-31(36)29-20-14-11-15-21-29/h10-15,18-21,30-31,34-36H,3-9,16-17,22-27H2,1-2H3/q+1. The van der Waals surface area contributed by atoms with E-state index in [2.05, 4.69) is 19.0 Å². The molecule has 0 bridgehead atoms. The highest BCUT2D eigenvalue weighted by Crippen LogP contribution is 2.19. The lowest BCUT2D eigenvalue weighted by Crippen LogP contribution is -2.49. The minimum atomic E-state index is -0.489. The third-order valence-corrected chi connectivity index (χ3v) is 7.34. The number of aliphatic hydroxyl groups is 3. The monoisotopic (exact) mass is 499 g/mol. The molecule has 2 rings (SSSR count). The van der Waals surface area contributed by atoms with Crippen LogP contribution in [0.5, 0.6) is 0 Å². The first kappa shape index (κ1) is 30.5. The molecule has 2 aromatic carbocycles. The minimum Gasteiger partial charge on any atom is -0.391 e. The van der Waals surface area contributed by atoms with Crippen LogP contribution in [0, 0.1) is 0 Å². The van der Waals surface area contributed by atoms with Crippen molar-refractivity contribution in [3.05, 3.63) is 71.8 Å². The molecule has 36 heavy (non-hydrogen) atoms. The van der Waals surface area contributed by atoms with Crippen LogP contribution in [0.3, 0.4) is 0 Å². The van der Waals surface area contributed by atoms with Crippen LogP contribution in [-0.2, 0) is 0 Å². The van der Waals surface area contributed by atoms with E-state index in [0.717, 1.165) is 30.6 Å². The summed E-state index contributed by atoms with van der Waals surface area (Å²) in [6.07, 6.45) is 10.4. The Morgan fingerprint density at radius 2 is 1.14 bits per heavy atom. The number of benzene rings is 2. The van der Waals surface area contributed by atoms with Gasteiger partial charge in [-0.05, 0) is 44.0 Å². The Balaban J connectivity index is 1.48. The normalized spacial score (nSPS) is 15.1. The maximum absolute atomic E-state index is 10.6. The second-order valence-corrected chi connectivity index (χ2v) is 10.8. The smallest absolute Gasteiger partial charge is 0.128 e. The van der Waals surface area contributed by atoms with Crippen LogP contribution in [-0.4, -0.2) is 78.1 Å². The van der Waals surface area contributed by atoms with Gasteiger partial charge in [0.1, 0.15) is 19.2 Å². The Labute approximate surface area is 220 Å². The van der Waals surface area contributed by atoms with E-state index in [1.165, 1.54) is 51.4 Å². The molecular formula is C31H51N2O3+. The molecule has 0 amide bonds. The zero-order valence-electron chi connectivity index (χ0n) is 22.8. The molecule has 0 aliphatic carbocycles. The van der Waals surface area contributed by atoms with Crippen molar-refractivity contribution in [2.24, 2.45) is 0 Å². The third-order valence-electron chi connectivity index (χ3n) is 7.34. The summed E-state index contributed by atoms with van der Waals surface area (Å²) in [5.74, 6) is 0. The lowest BCUT2D eigenvalue weighted by Gasteiger charge is -2.36. The molecule has 0 aliphatic heterocycles. The quantitative estimate of drug-likeness (QED) is 0.170.